The third-order valence-electron chi connectivity index (χ3n) is 2.71. The van der Waals surface area contributed by atoms with Gasteiger partial charge in [0.05, 0.1) is 20.3 Å². The molecule has 1 unspecified atom stereocenters. The summed E-state index contributed by atoms with van der Waals surface area (Å²) < 4.78 is 28.8. The molecular formula is C14H13FN2O5. The zero-order valence-electron chi connectivity index (χ0n) is 11.8. The number of benzene rings is 1. The number of hydrogen-bond donors (Lipinski definition) is 1. The second kappa shape index (κ2) is 6.70. The Labute approximate surface area is 125 Å². The lowest BCUT2D eigenvalue weighted by Crippen LogP contribution is -2.20. The van der Waals surface area contributed by atoms with Gasteiger partial charge in [0.15, 0.2) is 0 Å². The lowest BCUT2D eigenvalue weighted by atomic mass is 10.1. The number of ether oxygens (including phenoxy) is 3. The van der Waals surface area contributed by atoms with Crippen molar-refractivity contribution in [3.8, 4) is 17.8 Å². The Kier molecular flexibility index (Phi) is 4.72. The van der Waals surface area contributed by atoms with Gasteiger partial charge in [-0.3, -0.25) is 0 Å². The van der Waals surface area contributed by atoms with Crippen molar-refractivity contribution in [2.75, 3.05) is 14.2 Å². The number of carboxylic acids is 1. The minimum Gasteiger partial charge on any atom is -0.481 e. The van der Waals surface area contributed by atoms with Crippen LogP contribution in [0.5, 0.6) is 17.8 Å². The van der Waals surface area contributed by atoms with E-state index in [0.717, 1.165) is 6.07 Å². The monoisotopic (exact) mass is 308 g/mol. The van der Waals surface area contributed by atoms with Crippen molar-refractivity contribution in [2.24, 2.45) is 0 Å². The Balaban J connectivity index is 2.37. The zero-order chi connectivity index (χ0) is 16.1. The van der Waals surface area contributed by atoms with Gasteiger partial charge < -0.3 is 19.3 Å². The van der Waals surface area contributed by atoms with Crippen LogP contribution < -0.4 is 14.2 Å². The first kappa shape index (κ1) is 15.5. The maximum absolute atomic E-state index is 13.8. The number of carboxylic acid groups (broad SMARTS) is 1. The summed E-state index contributed by atoms with van der Waals surface area (Å²) in [5.74, 6) is -1.83. The fourth-order valence-electron chi connectivity index (χ4n) is 1.69. The molecule has 1 atom stereocenters. The van der Waals surface area contributed by atoms with E-state index in [9.17, 15) is 14.3 Å². The van der Waals surface area contributed by atoms with E-state index >= 15 is 0 Å². The van der Waals surface area contributed by atoms with Crippen LogP contribution in [-0.4, -0.2) is 35.3 Å². The van der Waals surface area contributed by atoms with Crippen LogP contribution in [-0.2, 0) is 4.79 Å². The van der Waals surface area contributed by atoms with Gasteiger partial charge >= 0.3 is 12.0 Å². The topological polar surface area (TPSA) is 90.8 Å². The van der Waals surface area contributed by atoms with Crippen LogP contribution in [0.3, 0.4) is 0 Å². The van der Waals surface area contributed by atoms with Crippen molar-refractivity contribution >= 4 is 5.97 Å². The van der Waals surface area contributed by atoms with Crippen LogP contribution in [0.2, 0.25) is 0 Å². The quantitative estimate of drug-likeness (QED) is 0.870. The molecule has 1 aromatic carbocycles. The average molecular weight is 308 g/mol. The molecule has 0 fully saturated rings. The predicted molar refractivity (Wildman–Crippen MR) is 72.5 cm³/mol. The molecule has 2 rings (SSSR count). The molecule has 0 amide bonds. The van der Waals surface area contributed by atoms with Gasteiger partial charge in [0.2, 0.25) is 17.9 Å². The van der Waals surface area contributed by atoms with Crippen LogP contribution >= 0.6 is 0 Å². The molecular weight excluding hydrogens is 295 g/mol. The Hall–Kier alpha value is -2.90. The van der Waals surface area contributed by atoms with Crippen LogP contribution in [0.4, 0.5) is 4.39 Å². The van der Waals surface area contributed by atoms with Gasteiger partial charge in [0.25, 0.3) is 0 Å². The Morgan fingerprint density at radius 2 is 1.77 bits per heavy atom. The van der Waals surface area contributed by atoms with E-state index in [2.05, 4.69) is 9.97 Å². The van der Waals surface area contributed by atoms with Gasteiger partial charge in [-0.2, -0.15) is 9.97 Å². The minimum atomic E-state index is -1.60. The molecule has 0 aliphatic rings. The number of halogens is 1. The summed E-state index contributed by atoms with van der Waals surface area (Å²) in [6.45, 7) is 0. The summed E-state index contributed by atoms with van der Waals surface area (Å²) in [6.07, 6.45) is -1.60. The summed E-state index contributed by atoms with van der Waals surface area (Å²) in [4.78, 5) is 19.1. The van der Waals surface area contributed by atoms with E-state index < -0.39 is 17.9 Å². The number of carbonyl (C=O) groups is 1. The molecule has 0 spiro atoms. The summed E-state index contributed by atoms with van der Waals surface area (Å²) >= 11 is 0. The minimum absolute atomic E-state index is 0.125. The van der Waals surface area contributed by atoms with Gasteiger partial charge in [0.1, 0.15) is 5.82 Å². The molecule has 1 heterocycles. The Morgan fingerprint density at radius 3 is 2.27 bits per heavy atom. The van der Waals surface area contributed by atoms with Gasteiger partial charge in [-0.05, 0) is 6.07 Å². The highest BCUT2D eigenvalue weighted by molar-refractivity contribution is 5.74. The molecule has 2 aromatic rings. The van der Waals surface area contributed by atoms with E-state index in [4.69, 9.17) is 14.2 Å². The molecule has 8 heteroatoms. The molecule has 0 saturated heterocycles. The van der Waals surface area contributed by atoms with Crippen LogP contribution in [0.15, 0.2) is 30.3 Å². The zero-order valence-corrected chi connectivity index (χ0v) is 11.8. The third-order valence-corrected chi connectivity index (χ3v) is 2.71. The van der Waals surface area contributed by atoms with Gasteiger partial charge in [-0.15, -0.1) is 0 Å². The summed E-state index contributed by atoms with van der Waals surface area (Å²) in [5.41, 5.74) is -0.139. The van der Waals surface area contributed by atoms with Crippen molar-refractivity contribution in [1.29, 1.82) is 0 Å². The SMILES string of the molecule is COc1cc(OC)nc(OC(C(=O)O)c2ccccc2F)n1. The first-order chi connectivity index (χ1) is 10.5. The summed E-state index contributed by atoms with van der Waals surface area (Å²) in [5, 5.41) is 9.26. The van der Waals surface area contributed by atoms with Crippen LogP contribution in [0.25, 0.3) is 0 Å². The molecule has 0 aliphatic carbocycles. The first-order valence-corrected chi connectivity index (χ1v) is 6.16. The maximum Gasteiger partial charge on any atom is 0.349 e. The van der Waals surface area contributed by atoms with Crippen molar-refractivity contribution in [3.63, 3.8) is 0 Å². The van der Waals surface area contributed by atoms with Crippen molar-refractivity contribution in [1.82, 2.24) is 9.97 Å². The average Bonchev–Trinajstić information content (AvgIpc) is 2.52. The van der Waals surface area contributed by atoms with Crippen molar-refractivity contribution in [2.45, 2.75) is 6.10 Å². The second-order valence-electron chi connectivity index (χ2n) is 4.09. The lowest BCUT2D eigenvalue weighted by molar-refractivity contribution is -0.145. The van der Waals surface area contributed by atoms with Crippen LogP contribution in [0.1, 0.15) is 11.7 Å². The predicted octanol–water partition coefficient (Wildman–Crippen LogP) is 1.84. The van der Waals surface area contributed by atoms with Gasteiger partial charge in [0, 0.05) is 5.56 Å². The summed E-state index contributed by atoms with van der Waals surface area (Å²) in [7, 11) is 2.74. The molecule has 0 aliphatic heterocycles. The lowest BCUT2D eigenvalue weighted by Gasteiger charge is -2.15. The number of nitrogens with zero attached hydrogens (tertiary/aromatic N) is 2. The molecule has 1 N–H and O–H groups in total. The first-order valence-electron chi connectivity index (χ1n) is 6.16. The highest BCUT2D eigenvalue weighted by atomic mass is 19.1. The summed E-state index contributed by atoms with van der Waals surface area (Å²) in [6, 6.07) is 6.50. The number of hydrogen-bond acceptors (Lipinski definition) is 6. The van der Waals surface area contributed by atoms with E-state index in [1.807, 2.05) is 0 Å². The van der Waals surface area contributed by atoms with E-state index in [0.29, 0.717) is 0 Å². The Bertz CT molecular complexity index is 658. The fraction of sp³-hybridized carbons (Fsp3) is 0.214. The molecule has 0 bridgehead atoms. The molecule has 22 heavy (non-hydrogen) atoms. The fourth-order valence-corrected chi connectivity index (χ4v) is 1.69. The maximum atomic E-state index is 13.8. The largest absolute Gasteiger partial charge is 0.481 e. The normalized spacial score (nSPS) is 11.6. The van der Waals surface area contributed by atoms with E-state index in [1.54, 1.807) is 0 Å². The second-order valence-corrected chi connectivity index (χ2v) is 4.09. The van der Waals surface area contributed by atoms with Crippen molar-refractivity contribution in [3.05, 3.63) is 41.7 Å². The standard InChI is InChI=1S/C14H13FN2O5/c1-20-10-7-11(21-2)17-14(16-10)22-12(13(18)19)8-5-3-4-6-9(8)15/h3-7,12H,1-2H3,(H,18,19). The number of aromatic nitrogens is 2. The number of rotatable bonds is 6. The molecule has 116 valence electrons. The van der Waals surface area contributed by atoms with Crippen LogP contribution in [0, 0.1) is 5.82 Å². The molecule has 0 saturated carbocycles. The Morgan fingerprint density at radius 1 is 1.18 bits per heavy atom. The smallest absolute Gasteiger partial charge is 0.349 e. The number of methoxy groups -OCH3 is 2. The van der Waals surface area contributed by atoms with Crippen molar-refractivity contribution < 1.29 is 28.5 Å². The number of aliphatic carboxylic acids is 1. The van der Waals surface area contributed by atoms with Gasteiger partial charge in [-0.1, -0.05) is 18.2 Å². The van der Waals surface area contributed by atoms with E-state index in [1.165, 1.54) is 38.5 Å². The highest BCUT2D eigenvalue weighted by Gasteiger charge is 2.26. The molecule has 7 nitrogen and oxygen atoms in total. The van der Waals surface area contributed by atoms with E-state index in [-0.39, 0.29) is 23.3 Å². The third kappa shape index (κ3) is 3.40. The highest BCUT2D eigenvalue weighted by Crippen LogP contribution is 2.25. The molecule has 1 aromatic heterocycles. The van der Waals surface area contributed by atoms with Gasteiger partial charge in [-0.25, -0.2) is 9.18 Å². The molecule has 0 radical (unpaired) electrons.